The lowest BCUT2D eigenvalue weighted by molar-refractivity contribution is 0.101. The van der Waals surface area contributed by atoms with Crippen LogP contribution in [0.5, 0.6) is 0 Å². The molecule has 6 heteroatoms. The number of methoxy groups -OCH3 is 1. The minimum absolute atomic E-state index is 0.0462. The van der Waals surface area contributed by atoms with E-state index >= 15 is 0 Å². The SMILES string of the molecule is CCN1C(C(=O)c2ccccc2)=C(OC)c2ccccc2S1(=O)=O. The number of carbonyl (C=O) groups is 1. The number of ether oxygens (including phenoxy) is 1. The quantitative estimate of drug-likeness (QED) is 0.801. The molecular weight excluding hydrogens is 326 g/mol. The van der Waals surface area contributed by atoms with Gasteiger partial charge in [0, 0.05) is 17.7 Å². The van der Waals surface area contributed by atoms with Crippen LogP contribution in [0.4, 0.5) is 0 Å². The minimum Gasteiger partial charge on any atom is -0.494 e. The molecule has 1 heterocycles. The molecule has 1 aliphatic rings. The number of benzene rings is 2. The summed E-state index contributed by atoms with van der Waals surface area (Å²) in [5.74, 6) is -0.108. The molecule has 0 fully saturated rings. The van der Waals surface area contributed by atoms with Gasteiger partial charge < -0.3 is 4.74 Å². The van der Waals surface area contributed by atoms with Crippen LogP contribution in [-0.4, -0.2) is 32.2 Å². The summed E-state index contributed by atoms with van der Waals surface area (Å²) in [4.78, 5) is 13.1. The minimum atomic E-state index is -3.80. The third-order valence-electron chi connectivity index (χ3n) is 3.91. The van der Waals surface area contributed by atoms with Crippen molar-refractivity contribution in [1.29, 1.82) is 0 Å². The summed E-state index contributed by atoms with van der Waals surface area (Å²) in [6.07, 6.45) is 0. The zero-order valence-electron chi connectivity index (χ0n) is 13.4. The fourth-order valence-electron chi connectivity index (χ4n) is 2.84. The normalized spacial score (nSPS) is 15.8. The maximum Gasteiger partial charge on any atom is 0.265 e. The Hall–Kier alpha value is -2.60. The van der Waals surface area contributed by atoms with Crippen LogP contribution in [-0.2, 0) is 14.8 Å². The van der Waals surface area contributed by atoms with Crippen molar-refractivity contribution < 1.29 is 17.9 Å². The van der Waals surface area contributed by atoms with E-state index < -0.39 is 10.0 Å². The van der Waals surface area contributed by atoms with Crippen molar-refractivity contribution in [3.63, 3.8) is 0 Å². The van der Waals surface area contributed by atoms with Gasteiger partial charge in [-0.25, -0.2) is 8.42 Å². The first-order valence-corrected chi connectivity index (χ1v) is 8.96. The highest BCUT2D eigenvalue weighted by Gasteiger charge is 2.39. The molecule has 0 bridgehead atoms. The van der Waals surface area contributed by atoms with Gasteiger partial charge in [-0.3, -0.25) is 9.10 Å². The number of rotatable bonds is 4. The van der Waals surface area contributed by atoms with Crippen molar-refractivity contribution >= 4 is 21.6 Å². The third kappa shape index (κ3) is 2.39. The summed E-state index contributed by atoms with van der Waals surface area (Å²) >= 11 is 0. The fourth-order valence-corrected chi connectivity index (χ4v) is 4.51. The van der Waals surface area contributed by atoms with Gasteiger partial charge in [-0.15, -0.1) is 0 Å². The first-order valence-electron chi connectivity index (χ1n) is 7.52. The standard InChI is InChI=1S/C18H17NO4S/c1-3-19-16(17(20)13-9-5-4-6-10-13)18(23-2)14-11-7-8-12-15(14)24(19,21)22/h4-12H,3H2,1-2H3. The molecule has 3 rings (SSSR count). The van der Waals surface area contributed by atoms with E-state index in [4.69, 9.17) is 4.74 Å². The lowest BCUT2D eigenvalue weighted by Crippen LogP contribution is -2.38. The topological polar surface area (TPSA) is 63.7 Å². The Balaban J connectivity index is 2.32. The molecular formula is C18H17NO4S. The van der Waals surface area contributed by atoms with E-state index in [-0.39, 0.29) is 28.7 Å². The summed E-state index contributed by atoms with van der Waals surface area (Å²) in [5, 5.41) is 0. The van der Waals surface area contributed by atoms with Crippen molar-refractivity contribution in [3.8, 4) is 0 Å². The molecule has 0 aromatic heterocycles. The van der Waals surface area contributed by atoms with Gasteiger partial charge in [0.2, 0.25) is 5.78 Å². The number of sulfonamides is 1. The van der Waals surface area contributed by atoms with Gasteiger partial charge in [0.05, 0.1) is 12.0 Å². The molecule has 0 amide bonds. The maximum absolute atomic E-state index is 13.0. The third-order valence-corrected chi connectivity index (χ3v) is 5.84. The second-order valence-electron chi connectivity index (χ2n) is 5.24. The second kappa shape index (κ2) is 6.13. The molecule has 0 N–H and O–H groups in total. The Labute approximate surface area is 141 Å². The Morgan fingerprint density at radius 2 is 1.67 bits per heavy atom. The molecule has 2 aromatic carbocycles. The monoisotopic (exact) mass is 343 g/mol. The number of carbonyl (C=O) groups excluding carboxylic acids is 1. The highest BCUT2D eigenvalue weighted by Crippen LogP contribution is 2.38. The van der Waals surface area contributed by atoms with Gasteiger partial charge >= 0.3 is 0 Å². The van der Waals surface area contributed by atoms with Gasteiger partial charge in [0.25, 0.3) is 10.0 Å². The number of ketones is 1. The van der Waals surface area contributed by atoms with Crippen molar-refractivity contribution in [3.05, 3.63) is 71.4 Å². The fraction of sp³-hybridized carbons (Fsp3) is 0.167. The Bertz CT molecular complexity index is 917. The van der Waals surface area contributed by atoms with Gasteiger partial charge in [-0.2, -0.15) is 0 Å². The van der Waals surface area contributed by atoms with Gasteiger partial charge in [0.1, 0.15) is 5.70 Å². The summed E-state index contributed by atoms with van der Waals surface area (Å²) < 4.78 is 32.4. The smallest absolute Gasteiger partial charge is 0.265 e. The second-order valence-corrected chi connectivity index (χ2v) is 7.07. The number of fused-ring (bicyclic) bond motifs is 1. The molecule has 5 nitrogen and oxygen atoms in total. The molecule has 1 aliphatic heterocycles. The molecule has 124 valence electrons. The van der Waals surface area contributed by atoms with Crippen LogP contribution in [0.3, 0.4) is 0 Å². The average Bonchev–Trinajstić information content (AvgIpc) is 2.61. The molecule has 0 spiro atoms. The predicted molar refractivity (Wildman–Crippen MR) is 90.7 cm³/mol. The van der Waals surface area contributed by atoms with Crippen LogP contribution >= 0.6 is 0 Å². The van der Waals surface area contributed by atoms with E-state index in [0.29, 0.717) is 11.1 Å². The summed E-state index contributed by atoms with van der Waals surface area (Å²) in [5.41, 5.74) is 0.865. The zero-order chi connectivity index (χ0) is 17.3. The van der Waals surface area contributed by atoms with E-state index in [1.807, 2.05) is 0 Å². The van der Waals surface area contributed by atoms with Gasteiger partial charge in [0.15, 0.2) is 5.76 Å². The number of hydrogen-bond acceptors (Lipinski definition) is 4. The largest absolute Gasteiger partial charge is 0.494 e. The van der Waals surface area contributed by atoms with E-state index in [1.54, 1.807) is 55.5 Å². The predicted octanol–water partition coefficient (Wildman–Crippen LogP) is 2.91. The van der Waals surface area contributed by atoms with Crippen molar-refractivity contribution in [2.24, 2.45) is 0 Å². The van der Waals surface area contributed by atoms with Gasteiger partial charge in [-0.05, 0) is 19.1 Å². The number of hydrogen-bond donors (Lipinski definition) is 0. The van der Waals surface area contributed by atoms with Crippen LogP contribution in [0.2, 0.25) is 0 Å². The first-order chi connectivity index (χ1) is 11.5. The molecule has 2 aromatic rings. The van der Waals surface area contributed by atoms with E-state index in [0.717, 1.165) is 4.31 Å². The van der Waals surface area contributed by atoms with Gasteiger partial charge in [-0.1, -0.05) is 42.5 Å². The molecule has 0 saturated heterocycles. The maximum atomic E-state index is 13.0. The Kier molecular flexibility index (Phi) is 4.15. The number of allylic oxidation sites excluding steroid dienone is 1. The highest BCUT2D eigenvalue weighted by atomic mass is 32.2. The number of Topliss-reactive ketones (excluding diaryl/α,β-unsaturated/α-hetero) is 1. The van der Waals surface area contributed by atoms with Crippen LogP contribution < -0.4 is 0 Å². The lowest BCUT2D eigenvalue weighted by Gasteiger charge is -2.32. The molecule has 0 radical (unpaired) electrons. The molecule has 0 aliphatic carbocycles. The summed E-state index contributed by atoms with van der Waals surface area (Å²) in [6, 6.07) is 15.1. The Morgan fingerprint density at radius 1 is 1.04 bits per heavy atom. The summed E-state index contributed by atoms with van der Waals surface area (Å²) in [7, 11) is -2.36. The van der Waals surface area contributed by atoms with E-state index in [1.165, 1.54) is 13.2 Å². The lowest BCUT2D eigenvalue weighted by atomic mass is 10.0. The van der Waals surface area contributed by atoms with Crippen LogP contribution in [0.15, 0.2) is 65.2 Å². The van der Waals surface area contributed by atoms with E-state index in [2.05, 4.69) is 0 Å². The highest BCUT2D eigenvalue weighted by molar-refractivity contribution is 7.89. The Morgan fingerprint density at radius 3 is 2.29 bits per heavy atom. The average molecular weight is 343 g/mol. The molecule has 0 atom stereocenters. The van der Waals surface area contributed by atoms with Crippen molar-refractivity contribution in [1.82, 2.24) is 4.31 Å². The van der Waals surface area contributed by atoms with Crippen LogP contribution in [0, 0.1) is 0 Å². The van der Waals surface area contributed by atoms with Crippen molar-refractivity contribution in [2.45, 2.75) is 11.8 Å². The number of likely N-dealkylation sites (N-methyl/N-ethyl adjacent to an activating group) is 1. The summed E-state index contributed by atoms with van der Waals surface area (Å²) in [6.45, 7) is 1.83. The van der Waals surface area contributed by atoms with Crippen LogP contribution in [0.25, 0.3) is 5.76 Å². The zero-order valence-corrected chi connectivity index (χ0v) is 14.2. The molecule has 0 saturated carbocycles. The number of nitrogens with zero attached hydrogens (tertiary/aromatic N) is 1. The molecule has 0 unspecified atom stereocenters. The van der Waals surface area contributed by atoms with E-state index in [9.17, 15) is 13.2 Å². The van der Waals surface area contributed by atoms with Crippen LogP contribution in [0.1, 0.15) is 22.8 Å². The first kappa shape index (κ1) is 16.3. The molecule has 24 heavy (non-hydrogen) atoms. The van der Waals surface area contributed by atoms with Crippen molar-refractivity contribution in [2.75, 3.05) is 13.7 Å².